The van der Waals surface area contributed by atoms with E-state index in [4.69, 9.17) is 23.2 Å². The van der Waals surface area contributed by atoms with Gasteiger partial charge in [0.05, 0.1) is 20.4 Å². The predicted octanol–water partition coefficient (Wildman–Crippen LogP) is 4.93. The van der Waals surface area contributed by atoms with Crippen molar-refractivity contribution in [2.45, 2.75) is 12.4 Å². The lowest BCUT2D eigenvalue weighted by Gasteiger charge is -2.18. The number of rotatable bonds is 4. The van der Waals surface area contributed by atoms with Crippen molar-refractivity contribution in [3.05, 3.63) is 43.6 Å². The van der Waals surface area contributed by atoms with E-state index in [0.29, 0.717) is 16.6 Å². The van der Waals surface area contributed by atoms with Crippen LogP contribution >= 0.6 is 50.5 Å². The highest BCUT2D eigenvalue weighted by molar-refractivity contribution is 9.11. The summed E-state index contributed by atoms with van der Waals surface area (Å²) in [5.41, 5.74) is 1.97. The molecule has 2 heterocycles. The molecule has 2 aromatic heterocycles. The molecule has 0 aliphatic rings. The molecule has 0 atom stereocenters. The van der Waals surface area contributed by atoms with E-state index in [2.05, 4.69) is 37.3 Å². The Balaban J connectivity index is 2.15. The van der Waals surface area contributed by atoms with Crippen molar-refractivity contribution in [3.63, 3.8) is 0 Å². The van der Waals surface area contributed by atoms with Crippen molar-refractivity contribution in [2.24, 2.45) is 0 Å². The summed E-state index contributed by atoms with van der Waals surface area (Å²) in [6.07, 6.45) is 0. The SMILES string of the molecule is CN(Cc1csc(Br)c1)c1ccc(Cl)c(CCl)n1. The molecule has 0 aromatic carbocycles. The lowest BCUT2D eigenvalue weighted by atomic mass is 10.3. The van der Waals surface area contributed by atoms with Gasteiger partial charge < -0.3 is 4.90 Å². The van der Waals surface area contributed by atoms with E-state index >= 15 is 0 Å². The Morgan fingerprint density at radius 2 is 2.22 bits per heavy atom. The number of hydrogen-bond donors (Lipinski definition) is 0. The fourth-order valence-corrected chi connectivity index (χ4v) is 3.21. The molecular weight excluding hydrogens is 355 g/mol. The summed E-state index contributed by atoms with van der Waals surface area (Å²) in [7, 11) is 2.00. The maximum atomic E-state index is 5.99. The second-order valence-electron chi connectivity index (χ2n) is 3.85. The van der Waals surface area contributed by atoms with Crippen LogP contribution in [-0.2, 0) is 12.4 Å². The molecule has 2 rings (SSSR count). The number of halogens is 3. The summed E-state index contributed by atoms with van der Waals surface area (Å²) in [5.74, 6) is 1.20. The predicted molar refractivity (Wildman–Crippen MR) is 82.9 cm³/mol. The molecule has 96 valence electrons. The fraction of sp³-hybridized carbons (Fsp3) is 0.250. The monoisotopic (exact) mass is 364 g/mol. The van der Waals surface area contributed by atoms with Crippen LogP contribution in [0.25, 0.3) is 0 Å². The van der Waals surface area contributed by atoms with E-state index in [9.17, 15) is 0 Å². The lowest BCUT2D eigenvalue weighted by molar-refractivity contribution is 0.894. The van der Waals surface area contributed by atoms with Gasteiger partial charge in [0, 0.05) is 13.6 Å². The number of aromatic nitrogens is 1. The third kappa shape index (κ3) is 3.38. The Kier molecular flexibility index (Phi) is 4.90. The topological polar surface area (TPSA) is 16.1 Å². The quantitative estimate of drug-likeness (QED) is 0.713. The van der Waals surface area contributed by atoms with Crippen LogP contribution in [0.15, 0.2) is 27.4 Å². The molecule has 0 saturated carbocycles. The molecule has 0 N–H and O–H groups in total. The average molecular weight is 366 g/mol. The van der Waals surface area contributed by atoms with E-state index in [1.54, 1.807) is 11.3 Å². The molecule has 0 saturated heterocycles. The van der Waals surface area contributed by atoms with Crippen molar-refractivity contribution in [1.82, 2.24) is 4.98 Å². The number of pyridine rings is 1. The van der Waals surface area contributed by atoms with Crippen LogP contribution in [0.2, 0.25) is 5.02 Å². The smallest absolute Gasteiger partial charge is 0.129 e. The van der Waals surface area contributed by atoms with Crippen LogP contribution in [0.1, 0.15) is 11.3 Å². The van der Waals surface area contributed by atoms with E-state index in [1.165, 1.54) is 5.56 Å². The minimum atomic E-state index is 0.324. The van der Waals surface area contributed by atoms with Gasteiger partial charge in [0.1, 0.15) is 5.82 Å². The minimum Gasteiger partial charge on any atom is -0.355 e. The Morgan fingerprint density at radius 3 is 2.83 bits per heavy atom. The summed E-state index contributed by atoms with van der Waals surface area (Å²) in [6.45, 7) is 0.804. The van der Waals surface area contributed by atoms with Gasteiger partial charge in [-0.1, -0.05) is 11.6 Å². The molecule has 2 nitrogen and oxygen atoms in total. The molecule has 6 heteroatoms. The van der Waals surface area contributed by atoms with Gasteiger partial charge in [0.25, 0.3) is 0 Å². The summed E-state index contributed by atoms with van der Waals surface area (Å²) in [6, 6.07) is 5.85. The van der Waals surface area contributed by atoms with Crippen LogP contribution < -0.4 is 4.90 Å². The van der Waals surface area contributed by atoms with Gasteiger partial charge in [-0.15, -0.1) is 22.9 Å². The van der Waals surface area contributed by atoms with Crippen LogP contribution in [0.3, 0.4) is 0 Å². The number of anilines is 1. The van der Waals surface area contributed by atoms with Crippen molar-refractivity contribution < 1.29 is 0 Å². The summed E-state index contributed by atoms with van der Waals surface area (Å²) in [5, 5.41) is 2.74. The Hall–Kier alpha value is -0.290. The molecule has 2 aromatic rings. The zero-order valence-corrected chi connectivity index (χ0v) is 13.6. The van der Waals surface area contributed by atoms with Crippen molar-refractivity contribution in [1.29, 1.82) is 0 Å². The molecule has 0 bridgehead atoms. The highest BCUT2D eigenvalue weighted by Crippen LogP contribution is 2.24. The van der Waals surface area contributed by atoms with Gasteiger partial charge in [0.15, 0.2) is 0 Å². The Bertz CT molecular complexity index is 545. The molecule has 0 radical (unpaired) electrons. The largest absolute Gasteiger partial charge is 0.355 e. The van der Waals surface area contributed by atoms with E-state index in [1.807, 2.05) is 19.2 Å². The molecule has 0 amide bonds. The van der Waals surface area contributed by atoms with Crippen molar-refractivity contribution in [3.8, 4) is 0 Å². The third-order valence-corrected chi connectivity index (χ3v) is 4.61. The van der Waals surface area contributed by atoms with E-state index in [-0.39, 0.29) is 0 Å². The molecule has 0 aliphatic heterocycles. The van der Waals surface area contributed by atoms with Gasteiger partial charge in [-0.25, -0.2) is 4.98 Å². The fourth-order valence-electron chi connectivity index (χ4n) is 1.56. The molecule has 0 fully saturated rings. The Morgan fingerprint density at radius 1 is 1.44 bits per heavy atom. The first-order valence-corrected chi connectivity index (χ1v) is 7.84. The third-order valence-electron chi connectivity index (χ3n) is 2.46. The zero-order valence-electron chi connectivity index (χ0n) is 9.66. The number of alkyl halides is 1. The molecule has 0 unspecified atom stereocenters. The lowest BCUT2D eigenvalue weighted by Crippen LogP contribution is -2.17. The van der Waals surface area contributed by atoms with Crippen LogP contribution in [-0.4, -0.2) is 12.0 Å². The first kappa shape index (κ1) is 14.1. The van der Waals surface area contributed by atoms with Crippen molar-refractivity contribution in [2.75, 3.05) is 11.9 Å². The van der Waals surface area contributed by atoms with Gasteiger partial charge in [-0.05, 0) is 45.1 Å². The standard InChI is InChI=1S/C12H11BrCl2N2S/c1-17(6-8-4-11(13)18-7-8)12-3-2-9(15)10(5-14)16-12/h2-4,7H,5-6H2,1H3. The van der Waals surface area contributed by atoms with E-state index < -0.39 is 0 Å². The maximum Gasteiger partial charge on any atom is 0.129 e. The first-order valence-electron chi connectivity index (χ1n) is 5.25. The van der Waals surface area contributed by atoms with Gasteiger partial charge in [-0.2, -0.15) is 0 Å². The summed E-state index contributed by atoms with van der Waals surface area (Å²) < 4.78 is 1.14. The zero-order chi connectivity index (χ0) is 13.1. The highest BCUT2D eigenvalue weighted by Gasteiger charge is 2.08. The molecule has 18 heavy (non-hydrogen) atoms. The number of hydrogen-bond acceptors (Lipinski definition) is 3. The van der Waals surface area contributed by atoms with Crippen LogP contribution in [0, 0.1) is 0 Å². The normalized spacial score (nSPS) is 10.7. The molecule has 0 aliphatic carbocycles. The average Bonchev–Trinajstić information content (AvgIpc) is 2.75. The van der Waals surface area contributed by atoms with E-state index in [0.717, 1.165) is 16.1 Å². The van der Waals surface area contributed by atoms with Gasteiger partial charge in [0.2, 0.25) is 0 Å². The Labute approximate surface area is 129 Å². The summed E-state index contributed by atoms with van der Waals surface area (Å²) in [4.78, 5) is 6.52. The van der Waals surface area contributed by atoms with Gasteiger partial charge in [-0.3, -0.25) is 0 Å². The first-order chi connectivity index (χ1) is 8.60. The minimum absolute atomic E-state index is 0.324. The number of thiophene rings is 1. The van der Waals surface area contributed by atoms with Crippen LogP contribution in [0.5, 0.6) is 0 Å². The second-order valence-corrected chi connectivity index (χ2v) is 6.81. The number of nitrogens with zero attached hydrogens (tertiary/aromatic N) is 2. The van der Waals surface area contributed by atoms with Gasteiger partial charge >= 0.3 is 0 Å². The maximum absolute atomic E-state index is 5.99. The highest BCUT2D eigenvalue weighted by atomic mass is 79.9. The molecular formula is C12H11BrCl2N2S. The second kappa shape index (κ2) is 6.24. The molecule has 0 spiro atoms. The summed E-state index contributed by atoms with van der Waals surface area (Å²) >= 11 is 16.9. The van der Waals surface area contributed by atoms with Crippen LogP contribution in [0.4, 0.5) is 5.82 Å². The van der Waals surface area contributed by atoms with Crippen molar-refractivity contribution >= 4 is 56.3 Å².